The Kier molecular flexibility index (Phi) is 7.37. The predicted molar refractivity (Wildman–Crippen MR) is 151 cm³/mol. The van der Waals surface area contributed by atoms with E-state index in [9.17, 15) is 18.3 Å². The van der Waals surface area contributed by atoms with Crippen LogP contribution in [0.3, 0.4) is 0 Å². The number of pyridine rings is 1. The second-order valence-electron chi connectivity index (χ2n) is 10.7. The molecule has 2 atom stereocenters. The Hall–Kier alpha value is -3.47. The van der Waals surface area contributed by atoms with Gasteiger partial charge in [-0.1, -0.05) is 24.3 Å². The number of urea groups is 1. The number of aliphatic hydroxyl groups is 1. The highest BCUT2D eigenvalue weighted by Gasteiger charge is 2.35. The van der Waals surface area contributed by atoms with E-state index in [0.717, 1.165) is 27.8 Å². The minimum absolute atomic E-state index is 0.0137. The number of carbonyl (C=O) groups is 1. The molecule has 206 valence electrons. The third-order valence-electron chi connectivity index (χ3n) is 7.54. The second kappa shape index (κ2) is 10.6. The summed E-state index contributed by atoms with van der Waals surface area (Å²) in [6.07, 6.45) is 1.36. The number of β-amino-alcohol motifs (C(OH)–C–C–N with tert-alkyl or cyclic N) is 1. The van der Waals surface area contributed by atoms with Crippen molar-refractivity contribution in [3.8, 4) is 11.1 Å². The number of aliphatic hydroxyl groups excluding tert-OH is 1. The van der Waals surface area contributed by atoms with Crippen LogP contribution in [0.5, 0.6) is 0 Å². The van der Waals surface area contributed by atoms with Crippen LogP contribution >= 0.6 is 0 Å². The molecule has 0 saturated carbocycles. The Bertz CT molecular complexity index is 1470. The molecule has 9 nitrogen and oxygen atoms in total. The average molecular weight is 550 g/mol. The number of nitrogens with zero attached hydrogens (tertiary/aromatic N) is 4. The Morgan fingerprint density at radius 1 is 1.05 bits per heavy atom. The number of aromatic nitrogens is 1. The Balaban J connectivity index is 1.28. The van der Waals surface area contributed by atoms with Crippen LogP contribution in [0.25, 0.3) is 11.1 Å². The fraction of sp³-hybridized carbons (Fsp3) is 0.379. The third kappa shape index (κ3) is 5.50. The molecule has 0 unspecified atom stereocenters. The van der Waals surface area contributed by atoms with Crippen LogP contribution in [0.15, 0.2) is 59.6 Å². The molecule has 1 aromatic heterocycles. The topological polar surface area (TPSA) is 106 Å². The SMILES string of the molecule is Cc1ccc(N[C@@H]2CCN(S(=O)(=O)c3ccc(-c4cc(C)c5c(c4)CN(C(=O)N(C)C)C5)cc3)C[C@@H]2O)nc1. The van der Waals surface area contributed by atoms with Gasteiger partial charge in [0.15, 0.2) is 0 Å². The smallest absolute Gasteiger partial charge is 0.320 e. The van der Waals surface area contributed by atoms with Gasteiger partial charge in [-0.05, 0) is 77.9 Å². The number of anilines is 1. The van der Waals surface area contributed by atoms with Gasteiger partial charge in [0.1, 0.15) is 5.82 Å². The van der Waals surface area contributed by atoms with Crippen LogP contribution in [0, 0.1) is 13.8 Å². The maximum Gasteiger partial charge on any atom is 0.320 e. The van der Waals surface area contributed by atoms with Gasteiger partial charge in [-0.25, -0.2) is 18.2 Å². The summed E-state index contributed by atoms with van der Waals surface area (Å²) in [5, 5.41) is 13.9. The summed E-state index contributed by atoms with van der Waals surface area (Å²) in [5.74, 6) is 0.662. The molecular formula is C29H35N5O4S. The number of piperidine rings is 1. The van der Waals surface area contributed by atoms with Crippen LogP contribution < -0.4 is 5.32 Å². The molecule has 2 aliphatic heterocycles. The zero-order valence-electron chi connectivity index (χ0n) is 22.8. The third-order valence-corrected chi connectivity index (χ3v) is 9.42. The van der Waals surface area contributed by atoms with Crippen molar-refractivity contribution in [1.29, 1.82) is 0 Å². The van der Waals surface area contributed by atoms with E-state index in [1.807, 2.05) is 43.0 Å². The largest absolute Gasteiger partial charge is 0.390 e. The normalized spacial score (nSPS) is 19.6. The lowest BCUT2D eigenvalue weighted by Crippen LogP contribution is -2.51. The van der Waals surface area contributed by atoms with Gasteiger partial charge >= 0.3 is 6.03 Å². The highest BCUT2D eigenvalue weighted by atomic mass is 32.2. The number of rotatable bonds is 5. The van der Waals surface area contributed by atoms with Crippen molar-refractivity contribution in [1.82, 2.24) is 19.1 Å². The fourth-order valence-electron chi connectivity index (χ4n) is 5.30. The maximum absolute atomic E-state index is 13.4. The van der Waals surface area contributed by atoms with Crippen LogP contribution in [-0.2, 0) is 23.1 Å². The number of fused-ring (bicyclic) bond motifs is 1. The highest BCUT2D eigenvalue weighted by molar-refractivity contribution is 7.89. The van der Waals surface area contributed by atoms with Crippen molar-refractivity contribution in [3.05, 3.63) is 77.0 Å². The van der Waals surface area contributed by atoms with Gasteiger partial charge in [-0.15, -0.1) is 0 Å². The number of benzene rings is 2. The number of aryl methyl sites for hydroxylation is 2. The number of carbonyl (C=O) groups excluding carboxylic acids is 1. The molecule has 3 heterocycles. The Morgan fingerprint density at radius 2 is 1.79 bits per heavy atom. The lowest BCUT2D eigenvalue weighted by atomic mass is 9.96. The quantitative estimate of drug-likeness (QED) is 0.504. The predicted octanol–water partition coefficient (Wildman–Crippen LogP) is 3.60. The van der Waals surface area contributed by atoms with E-state index >= 15 is 0 Å². The first kappa shape index (κ1) is 27.1. The molecule has 10 heteroatoms. The molecule has 3 aromatic rings. The first-order valence-corrected chi connectivity index (χ1v) is 14.5. The van der Waals surface area contributed by atoms with E-state index in [4.69, 9.17) is 0 Å². The van der Waals surface area contributed by atoms with Gasteiger partial charge in [0.05, 0.1) is 17.0 Å². The van der Waals surface area contributed by atoms with Crippen molar-refractivity contribution in [2.24, 2.45) is 0 Å². The summed E-state index contributed by atoms with van der Waals surface area (Å²) in [7, 11) is -0.254. The molecule has 39 heavy (non-hydrogen) atoms. The average Bonchev–Trinajstić information content (AvgIpc) is 3.35. The fourth-order valence-corrected chi connectivity index (χ4v) is 6.77. The van der Waals surface area contributed by atoms with E-state index in [1.54, 1.807) is 37.3 Å². The zero-order chi connectivity index (χ0) is 27.9. The molecule has 0 aliphatic carbocycles. The van der Waals surface area contributed by atoms with Crippen molar-refractivity contribution in [2.45, 2.75) is 50.4 Å². The number of hydrogen-bond donors (Lipinski definition) is 2. The van der Waals surface area contributed by atoms with Crippen molar-refractivity contribution < 1.29 is 18.3 Å². The first-order valence-electron chi connectivity index (χ1n) is 13.1. The lowest BCUT2D eigenvalue weighted by Gasteiger charge is -2.35. The molecule has 1 fully saturated rings. The minimum Gasteiger partial charge on any atom is -0.390 e. The van der Waals surface area contributed by atoms with Crippen LogP contribution in [0.4, 0.5) is 10.6 Å². The summed E-state index contributed by atoms with van der Waals surface area (Å²) in [5.41, 5.74) is 6.33. The van der Waals surface area contributed by atoms with Gasteiger partial charge in [0.2, 0.25) is 10.0 Å². The number of amides is 2. The van der Waals surface area contributed by atoms with Crippen molar-refractivity contribution in [3.63, 3.8) is 0 Å². The van der Waals surface area contributed by atoms with Gasteiger partial charge < -0.3 is 20.2 Å². The zero-order valence-corrected chi connectivity index (χ0v) is 23.6. The summed E-state index contributed by atoms with van der Waals surface area (Å²) >= 11 is 0. The Labute approximate surface area is 230 Å². The standard InChI is InChI=1S/C29H35N5O4S/c1-19-5-10-28(30-15-19)31-26-11-12-34(18-27(26)35)39(37,38)24-8-6-21(7-9-24)22-13-20(2)25-17-33(16-23(25)14-22)29(36)32(3)4/h5-10,13-15,26-27,35H,11-12,16-18H2,1-4H3,(H,30,31)/t26-,27+/m1/s1. The summed E-state index contributed by atoms with van der Waals surface area (Å²) in [6.45, 7) is 5.47. The molecule has 5 rings (SSSR count). The number of sulfonamides is 1. The minimum atomic E-state index is -3.76. The monoisotopic (exact) mass is 549 g/mol. The van der Waals surface area contributed by atoms with E-state index in [1.165, 1.54) is 9.87 Å². The van der Waals surface area contributed by atoms with Gasteiger partial charge in [0, 0.05) is 46.5 Å². The molecule has 0 bridgehead atoms. The molecule has 0 radical (unpaired) electrons. The number of nitrogens with one attached hydrogen (secondary N) is 1. The van der Waals surface area contributed by atoms with Gasteiger partial charge in [0.25, 0.3) is 0 Å². The molecular weight excluding hydrogens is 514 g/mol. The summed E-state index contributed by atoms with van der Waals surface area (Å²) in [6, 6.07) is 14.6. The highest BCUT2D eigenvalue weighted by Crippen LogP contribution is 2.33. The van der Waals surface area contributed by atoms with Gasteiger partial charge in [-0.2, -0.15) is 4.31 Å². The molecule has 2 aliphatic rings. The van der Waals surface area contributed by atoms with Crippen LogP contribution in [0.1, 0.15) is 28.7 Å². The molecule has 2 aromatic carbocycles. The first-order chi connectivity index (χ1) is 18.5. The van der Waals surface area contributed by atoms with E-state index in [0.29, 0.717) is 31.9 Å². The lowest BCUT2D eigenvalue weighted by molar-refractivity contribution is 0.0949. The maximum atomic E-state index is 13.4. The second-order valence-corrected chi connectivity index (χ2v) is 12.6. The molecule has 2 amide bonds. The van der Waals surface area contributed by atoms with E-state index in [2.05, 4.69) is 22.4 Å². The van der Waals surface area contributed by atoms with Crippen LogP contribution in [-0.4, -0.2) is 78.0 Å². The van der Waals surface area contributed by atoms with E-state index in [-0.39, 0.29) is 23.5 Å². The summed E-state index contributed by atoms with van der Waals surface area (Å²) in [4.78, 5) is 20.4. The van der Waals surface area contributed by atoms with E-state index < -0.39 is 16.1 Å². The van der Waals surface area contributed by atoms with Gasteiger partial charge in [-0.3, -0.25) is 0 Å². The Morgan fingerprint density at radius 3 is 2.44 bits per heavy atom. The molecule has 2 N–H and O–H groups in total. The van der Waals surface area contributed by atoms with Crippen molar-refractivity contribution >= 4 is 21.9 Å². The van der Waals surface area contributed by atoms with Crippen LogP contribution in [0.2, 0.25) is 0 Å². The number of hydrogen-bond acceptors (Lipinski definition) is 6. The molecule has 0 spiro atoms. The summed E-state index contributed by atoms with van der Waals surface area (Å²) < 4.78 is 28.1. The molecule has 1 saturated heterocycles. The van der Waals surface area contributed by atoms with Crippen molar-refractivity contribution in [2.75, 3.05) is 32.5 Å².